The monoisotopic (exact) mass is 218 g/mol. The van der Waals surface area contributed by atoms with Gasteiger partial charge in [0.05, 0.1) is 18.1 Å². The summed E-state index contributed by atoms with van der Waals surface area (Å²) in [4.78, 5) is 0. The molecule has 0 aromatic heterocycles. The van der Waals surface area contributed by atoms with E-state index < -0.39 is 0 Å². The molecule has 0 heterocycles. The van der Waals surface area contributed by atoms with Gasteiger partial charge in [-0.3, -0.25) is 0 Å². The Kier molecular flexibility index (Phi) is 3.78. The molecule has 3 heteroatoms. The van der Waals surface area contributed by atoms with Crippen LogP contribution in [-0.2, 0) is 0 Å². The van der Waals surface area contributed by atoms with Crippen molar-refractivity contribution in [2.24, 2.45) is 5.41 Å². The fraction of sp³-hybridized carbons (Fsp3) is 0.462. The minimum absolute atomic E-state index is 0.332. The molecule has 3 nitrogen and oxygen atoms in total. The second-order valence-electron chi connectivity index (χ2n) is 4.62. The van der Waals surface area contributed by atoms with Gasteiger partial charge in [0.1, 0.15) is 5.75 Å². The summed E-state index contributed by atoms with van der Waals surface area (Å²) in [6.45, 7) is 6.32. The molecule has 0 unspecified atom stereocenters. The molecular weight excluding hydrogens is 200 g/mol. The average Bonchev–Trinajstić information content (AvgIpc) is 2.21. The summed E-state index contributed by atoms with van der Waals surface area (Å²) < 4.78 is 5.62. The van der Waals surface area contributed by atoms with Crippen LogP contribution in [0.1, 0.15) is 25.8 Å². The molecule has 1 aromatic carbocycles. The Morgan fingerprint density at radius 3 is 2.69 bits per heavy atom. The first kappa shape index (κ1) is 12.4. The SMILES string of the molecule is Cc1cc(N)ccc1OCCC(C)(C)C#N. The van der Waals surface area contributed by atoms with E-state index in [1.54, 1.807) is 0 Å². The van der Waals surface area contributed by atoms with Gasteiger partial charge in [0.2, 0.25) is 0 Å². The van der Waals surface area contributed by atoms with Gasteiger partial charge in [-0.1, -0.05) is 0 Å². The molecule has 0 aliphatic carbocycles. The zero-order valence-electron chi connectivity index (χ0n) is 10.1. The Morgan fingerprint density at radius 2 is 2.12 bits per heavy atom. The number of nitrogens with zero attached hydrogens (tertiary/aromatic N) is 1. The summed E-state index contributed by atoms with van der Waals surface area (Å²) >= 11 is 0. The van der Waals surface area contributed by atoms with Crippen LogP contribution >= 0.6 is 0 Å². The third-order valence-electron chi connectivity index (χ3n) is 2.49. The van der Waals surface area contributed by atoms with Gasteiger partial charge in [-0.25, -0.2) is 0 Å². The molecule has 0 saturated heterocycles. The highest BCUT2D eigenvalue weighted by Gasteiger charge is 2.16. The van der Waals surface area contributed by atoms with Crippen molar-refractivity contribution >= 4 is 5.69 Å². The van der Waals surface area contributed by atoms with E-state index in [1.807, 2.05) is 39.0 Å². The number of hydrogen-bond acceptors (Lipinski definition) is 3. The molecular formula is C13H18N2O. The fourth-order valence-corrected chi connectivity index (χ4v) is 1.31. The van der Waals surface area contributed by atoms with Crippen LogP contribution in [0.5, 0.6) is 5.75 Å². The number of rotatable bonds is 4. The summed E-state index contributed by atoms with van der Waals surface area (Å²) in [5.74, 6) is 0.836. The van der Waals surface area contributed by atoms with Crippen molar-refractivity contribution in [1.29, 1.82) is 5.26 Å². The third-order valence-corrected chi connectivity index (χ3v) is 2.49. The summed E-state index contributed by atoms with van der Waals surface area (Å²) in [5, 5.41) is 8.86. The highest BCUT2D eigenvalue weighted by molar-refractivity contribution is 5.47. The van der Waals surface area contributed by atoms with Crippen molar-refractivity contribution in [2.45, 2.75) is 27.2 Å². The van der Waals surface area contributed by atoms with E-state index in [-0.39, 0.29) is 5.41 Å². The molecule has 2 N–H and O–H groups in total. The zero-order valence-corrected chi connectivity index (χ0v) is 10.1. The van der Waals surface area contributed by atoms with E-state index in [0.717, 1.165) is 17.0 Å². The molecule has 86 valence electrons. The molecule has 16 heavy (non-hydrogen) atoms. The van der Waals surface area contributed by atoms with Crippen LogP contribution in [0.4, 0.5) is 5.69 Å². The van der Waals surface area contributed by atoms with Crippen molar-refractivity contribution in [3.05, 3.63) is 23.8 Å². The molecule has 0 bridgehead atoms. The lowest BCUT2D eigenvalue weighted by Crippen LogP contribution is -2.13. The summed E-state index contributed by atoms with van der Waals surface area (Å²) in [5.41, 5.74) is 7.08. The highest BCUT2D eigenvalue weighted by Crippen LogP contribution is 2.23. The lowest BCUT2D eigenvalue weighted by molar-refractivity contribution is 0.263. The van der Waals surface area contributed by atoms with Gasteiger partial charge in [0, 0.05) is 5.69 Å². The topological polar surface area (TPSA) is 59.0 Å². The van der Waals surface area contributed by atoms with E-state index in [9.17, 15) is 0 Å². The smallest absolute Gasteiger partial charge is 0.122 e. The summed E-state index contributed by atoms with van der Waals surface area (Å²) in [6.07, 6.45) is 0.716. The van der Waals surface area contributed by atoms with Crippen LogP contribution in [0.3, 0.4) is 0 Å². The van der Waals surface area contributed by atoms with Crippen LogP contribution in [0.25, 0.3) is 0 Å². The van der Waals surface area contributed by atoms with Gasteiger partial charge in [-0.2, -0.15) is 5.26 Å². The van der Waals surface area contributed by atoms with Gasteiger partial charge in [-0.15, -0.1) is 0 Å². The molecule has 0 aliphatic rings. The third kappa shape index (κ3) is 3.47. The minimum Gasteiger partial charge on any atom is -0.493 e. The number of nitrogens with two attached hydrogens (primary N) is 1. The van der Waals surface area contributed by atoms with Crippen molar-refractivity contribution in [3.63, 3.8) is 0 Å². The lowest BCUT2D eigenvalue weighted by atomic mass is 9.92. The second-order valence-corrected chi connectivity index (χ2v) is 4.62. The van der Waals surface area contributed by atoms with Crippen LogP contribution in [0, 0.1) is 23.7 Å². The molecule has 0 fully saturated rings. The first-order chi connectivity index (χ1) is 7.44. The molecule has 0 aliphatic heterocycles. The number of anilines is 1. The second kappa shape index (κ2) is 4.89. The predicted molar refractivity (Wildman–Crippen MR) is 65.1 cm³/mol. The molecule has 1 rings (SSSR count). The normalized spacial score (nSPS) is 10.9. The Hall–Kier alpha value is -1.69. The van der Waals surface area contributed by atoms with Crippen molar-refractivity contribution < 1.29 is 4.74 Å². The van der Waals surface area contributed by atoms with Crippen molar-refractivity contribution in [1.82, 2.24) is 0 Å². The van der Waals surface area contributed by atoms with Gasteiger partial charge in [0.25, 0.3) is 0 Å². The highest BCUT2D eigenvalue weighted by atomic mass is 16.5. The van der Waals surface area contributed by atoms with Crippen LogP contribution in [-0.4, -0.2) is 6.61 Å². The quantitative estimate of drug-likeness (QED) is 0.790. The molecule has 0 saturated carbocycles. The molecule has 0 atom stereocenters. The first-order valence-corrected chi connectivity index (χ1v) is 5.35. The summed E-state index contributed by atoms with van der Waals surface area (Å²) in [7, 11) is 0. The lowest BCUT2D eigenvalue weighted by Gasteiger charge is -2.16. The maximum absolute atomic E-state index is 8.86. The number of hydrogen-bond donors (Lipinski definition) is 1. The van der Waals surface area contributed by atoms with Crippen LogP contribution in [0.15, 0.2) is 18.2 Å². The van der Waals surface area contributed by atoms with E-state index in [0.29, 0.717) is 13.0 Å². The molecule has 1 aromatic rings. The first-order valence-electron chi connectivity index (χ1n) is 5.35. The Labute approximate surface area is 96.8 Å². The van der Waals surface area contributed by atoms with Crippen LogP contribution in [0.2, 0.25) is 0 Å². The van der Waals surface area contributed by atoms with Gasteiger partial charge < -0.3 is 10.5 Å². The van der Waals surface area contributed by atoms with Gasteiger partial charge in [0.15, 0.2) is 0 Å². The molecule has 0 spiro atoms. The number of nitrogen functional groups attached to an aromatic ring is 1. The number of aryl methyl sites for hydroxylation is 1. The average molecular weight is 218 g/mol. The molecule has 0 radical (unpaired) electrons. The van der Waals surface area contributed by atoms with Gasteiger partial charge in [-0.05, 0) is 51.0 Å². The Morgan fingerprint density at radius 1 is 1.44 bits per heavy atom. The Balaban J connectivity index is 2.53. The zero-order chi connectivity index (χ0) is 12.2. The fourth-order valence-electron chi connectivity index (χ4n) is 1.31. The number of benzene rings is 1. The van der Waals surface area contributed by atoms with E-state index in [2.05, 4.69) is 6.07 Å². The van der Waals surface area contributed by atoms with E-state index >= 15 is 0 Å². The Bertz CT molecular complexity index is 405. The van der Waals surface area contributed by atoms with E-state index in [1.165, 1.54) is 0 Å². The molecule has 0 amide bonds. The maximum atomic E-state index is 8.86. The van der Waals surface area contributed by atoms with Crippen molar-refractivity contribution in [2.75, 3.05) is 12.3 Å². The predicted octanol–water partition coefficient (Wildman–Crippen LogP) is 2.90. The largest absolute Gasteiger partial charge is 0.493 e. The number of ether oxygens (including phenoxy) is 1. The number of nitriles is 1. The maximum Gasteiger partial charge on any atom is 0.122 e. The summed E-state index contributed by atoms with van der Waals surface area (Å²) in [6, 6.07) is 7.81. The minimum atomic E-state index is -0.332. The van der Waals surface area contributed by atoms with Crippen molar-refractivity contribution in [3.8, 4) is 11.8 Å². The van der Waals surface area contributed by atoms with Crippen LogP contribution < -0.4 is 10.5 Å². The van der Waals surface area contributed by atoms with Gasteiger partial charge >= 0.3 is 0 Å². The standard InChI is InChI=1S/C13H18N2O/c1-10-8-11(15)4-5-12(10)16-7-6-13(2,3)9-14/h4-5,8H,6-7,15H2,1-3H3. The van der Waals surface area contributed by atoms with E-state index in [4.69, 9.17) is 15.7 Å².